The van der Waals surface area contributed by atoms with E-state index in [2.05, 4.69) is 28.1 Å². The molecule has 2 heterocycles. The second-order valence-electron chi connectivity index (χ2n) is 7.85. The van der Waals surface area contributed by atoms with Gasteiger partial charge in [-0.15, -0.1) is 0 Å². The monoisotopic (exact) mass is 434 g/mol. The number of aromatic nitrogens is 2. The van der Waals surface area contributed by atoms with Crippen molar-refractivity contribution in [2.75, 3.05) is 44.8 Å². The number of nitrogens with zero attached hydrogens (tertiary/aromatic N) is 3. The number of rotatable bonds is 8. The molecule has 2 aromatic carbocycles. The van der Waals surface area contributed by atoms with Crippen LogP contribution in [0.25, 0.3) is 11.3 Å². The van der Waals surface area contributed by atoms with Gasteiger partial charge in [-0.25, -0.2) is 0 Å². The third kappa shape index (κ3) is 4.88. The molecule has 1 aliphatic heterocycles. The first kappa shape index (κ1) is 21.7. The van der Waals surface area contributed by atoms with E-state index in [1.165, 1.54) is 0 Å². The van der Waals surface area contributed by atoms with Crippen LogP contribution < -0.4 is 14.4 Å². The Balaban J connectivity index is 1.41. The molecule has 1 saturated heterocycles. The standard InChI is InChI=1S/C25H30N4O3/c1-3-4-16-32-24-11-6-5-10-21(24)22-18-23(27-26-22)25(30)29-14-12-28(13-15-29)19-8-7-9-20(17-19)31-2/h5-11,17-18H,3-4,12-16H2,1-2H3,(H,26,27). The molecule has 7 heteroatoms. The van der Waals surface area contributed by atoms with E-state index in [-0.39, 0.29) is 5.91 Å². The fourth-order valence-corrected chi connectivity index (χ4v) is 3.85. The fourth-order valence-electron chi connectivity index (χ4n) is 3.85. The number of nitrogens with one attached hydrogen (secondary N) is 1. The van der Waals surface area contributed by atoms with Gasteiger partial charge in [-0.2, -0.15) is 5.10 Å². The highest BCUT2D eigenvalue weighted by Crippen LogP contribution is 2.29. The first-order valence-electron chi connectivity index (χ1n) is 11.2. The number of aromatic amines is 1. The van der Waals surface area contributed by atoms with Crippen molar-refractivity contribution in [1.82, 2.24) is 15.1 Å². The first-order valence-corrected chi connectivity index (χ1v) is 11.2. The summed E-state index contributed by atoms with van der Waals surface area (Å²) in [7, 11) is 1.67. The lowest BCUT2D eigenvalue weighted by atomic mass is 10.1. The minimum absolute atomic E-state index is 0.0292. The molecule has 1 amide bonds. The lowest BCUT2D eigenvalue weighted by molar-refractivity contribution is 0.0741. The van der Waals surface area contributed by atoms with Crippen LogP contribution in [0.4, 0.5) is 5.69 Å². The van der Waals surface area contributed by atoms with E-state index in [9.17, 15) is 4.79 Å². The average Bonchev–Trinajstić information content (AvgIpc) is 3.34. The van der Waals surface area contributed by atoms with Gasteiger partial charge in [-0.05, 0) is 36.8 Å². The van der Waals surface area contributed by atoms with E-state index in [0.717, 1.165) is 54.4 Å². The summed E-state index contributed by atoms with van der Waals surface area (Å²) in [5, 5.41) is 7.32. The molecular weight excluding hydrogens is 404 g/mol. The van der Waals surface area contributed by atoms with Crippen molar-refractivity contribution in [2.45, 2.75) is 19.8 Å². The molecule has 0 aliphatic carbocycles. The highest BCUT2D eigenvalue weighted by Gasteiger charge is 2.24. The number of carbonyl (C=O) groups excluding carboxylic acids is 1. The average molecular weight is 435 g/mol. The molecule has 0 unspecified atom stereocenters. The van der Waals surface area contributed by atoms with E-state index in [4.69, 9.17) is 9.47 Å². The number of hydrogen-bond acceptors (Lipinski definition) is 5. The zero-order valence-corrected chi connectivity index (χ0v) is 18.7. The highest BCUT2D eigenvalue weighted by atomic mass is 16.5. The molecule has 4 rings (SSSR count). The van der Waals surface area contributed by atoms with E-state index in [0.29, 0.717) is 25.4 Å². The SMILES string of the molecule is CCCCOc1ccccc1-c1cc(C(=O)N2CCN(c3cccc(OC)c3)CC2)[nH]n1. The number of piperazine rings is 1. The van der Waals surface area contributed by atoms with Crippen LogP contribution in [0, 0.1) is 0 Å². The fraction of sp³-hybridized carbons (Fsp3) is 0.360. The third-order valence-electron chi connectivity index (χ3n) is 5.71. The van der Waals surface area contributed by atoms with Gasteiger partial charge in [0.2, 0.25) is 0 Å². The Morgan fingerprint density at radius 2 is 1.88 bits per heavy atom. The van der Waals surface area contributed by atoms with E-state index in [1.54, 1.807) is 7.11 Å². The number of ether oxygens (including phenoxy) is 2. The number of amides is 1. The molecule has 1 aromatic heterocycles. The van der Waals surface area contributed by atoms with Crippen LogP contribution in [0.3, 0.4) is 0 Å². The van der Waals surface area contributed by atoms with E-state index < -0.39 is 0 Å². The Labute approximate surface area is 188 Å². The molecule has 7 nitrogen and oxygen atoms in total. The van der Waals surface area contributed by atoms with Gasteiger partial charge in [0.15, 0.2) is 0 Å². The maximum atomic E-state index is 13.1. The topological polar surface area (TPSA) is 70.7 Å². The predicted molar refractivity (Wildman–Crippen MR) is 126 cm³/mol. The summed E-state index contributed by atoms with van der Waals surface area (Å²) in [6.07, 6.45) is 2.08. The number of para-hydroxylation sites is 1. The van der Waals surface area contributed by atoms with Crippen molar-refractivity contribution < 1.29 is 14.3 Å². The largest absolute Gasteiger partial charge is 0.497 e. The summed E-state index contributed by atoms with van der Waals surface area (Å²) in [4.78, 5) is 17.2. The molecule has 32 heavy (non-hydrogen) atoms. The van der Waals surface area contributed by atoms with Crippen molar-refractivity contribution in [1.29, 1.82) is 0 Å². The van der Waals surface area contributed by atoms with Crippen LogP contribution in [-0.2, 0) is 0 Å². The number of hydrogen-bond donors (Lipinski definition) is 1. The number of carbonyl (C=O) groups is 1. The Kier molecular flexibility index (Phi) is 6.94. The van der Waals surface area contributed by atoms with Gasteiger partial charge in [0, 0.05) is 43.5 Å². The first-order chi connectivity index (χ1) is 15.7. The Hall–Kier alpha value is -3.48. The molecule has 0 saturated carbocycles. The zero-order chi connectivity index (χ0) is 22.3. The van der Waals surface area contributed by atoms with Crippen molar-refractivity contribution in [2.24, 2.45) is 0 Å². The van der Waals surface area contributed by atoms with Gasteiger partial charge >= 0.3 is 0 Å². The summed E-state index contributed by atoms with van der Waals surface area (Å²) in [6.45, 7) is 5.66. The molecule has 1 aliphatic rings. The second-order valence-corrected chi connectivity index (χ2v) is 7.85. The lowest BCUT2D eigenvalue weighted by Crippen LogP contribution is -2.48. The molecule has 0 radical (unpaired) electrons. The van der Waals surface area contributed by atoms with Gasteiger partial charge in [0.05, 0.1) is 19.4 Å². The summed E-state index contributed by atoms with van der Waals surface area (Å²) in [5.41, 5.74) is 3.22. The summed E-state index contributed by atoms with van der Waals surface area (Å²) >= 11 is 0. The van der Waals surface area contributed by atoms with Crippen LogP contribution in [0.1, 0.15) is 30.3 Å². The van der Waals surface area contributed by atoms with Gasteiger partial charge in [0.1, 0.15) is 17.2 Å². The van der Waals surface area contributed by atoms with Crippen LogP contribution in [0.5, 0.6) is 11.5 Å². The molecule has 0 spiro atoms. The molecule has 1 N–H and O–H groups in total. The van der Waals surface area contributed by atoms with Gasteiger partial charge in [-0.3, -0.25) is 9.89 Å². The van der Waals surface area contributed by atoms with Crippen LogP contribution >= 0.6 is 0 Å². The van der Waals surface area contributed by atoms with Crippen LogP contribution in [0.15, 0.2) is 54.6 Å². The smallest absolute Gasteiger partial charge is 0.272 e. The van der Waals surface area contributed by atoms with Gasteiger partial charge < -0.3 is 19.3 Å². The molecule has 3 aromatic rings. The molecule has 168 valence electrons. The van der Waals surface area contributed by atoms with Crippen molar-refractivity contribution >= 4 is 11.6 Å². The minimum atomic E-state index is -0.0292. The Morgan fingerprint density at radius 3 is 2.66 bits per heavy atom. The molecule has 1 fully saturated rings. The normalized spacial score (nSPS) is 13.8. The lowest BCUT2D eigenvalue weighted by Gasteiger charge is -2.36. The number of methoxy groups -OCH3 is 1. The second kappa shape index (κ2) is 10.2. The van der Waals surface area contributed by atoms with Gasteiger partial charge in [0.25, 0.3) is 5.91 Å². The molecular formula is C25H30N4O3. The summed E-state index contributed by atoms with van der Waals surface area (Å²) in [5.74, 6) is 1.60. The molecule has 0 atom stereocenters. The predicted octanol–water partition coefficient (Wildman–Crippen LogP) is 4.23. The van der Waals surface area contributed by atoms with Gasteiger partial charge in [-0.1, -0.05) is 31.5 Å². The maximum absolute atomic E-state index is 13.1. The third-order valence-corrected chi connectivity index (χ3v) is 5.71. The van der Waals surface area contributed by atoms with Crippen LogP contribution in [-0.4, -0.2) is 60.9 Å². The van der Waals surface area contributed by atoms with Crippen molar-refractivity contribution in [3.63, 3.8) is 0 Å². The quantitative estimate of drug-likeness (QED) is 0.538. The Morgan fingerprint density at radius 1 is 1.06 bits per heavy atom. The van der Waals surface area contributed by atoms with E-state index >= 15 is 0 Å². The van der Waals surface area contributed by atoms with E-state index in [1.807, 2.05) is 53.4 Å². The number of benzene rings is 2. The number of anilines is 1. The Bertz CT molecular complexity index is 1040. The maximum Gasteiger partial charge on any atom is 0.272 e. The number of unbranched alkanes of at least 4 members (excludes halogenated alkanes) is 1. The summed E-state index contributed by atoms with van der Waals surface area (Å²) < 4.78 is 11.3. The van der Waals surface area contributed by atoms with Crippen molar-refractivity contribution in [3.8, 4) is 22.8 Å². The van der Waals surface area contributed by atoms with Crippen LogP contribution in [0.2, 0.25) is 0 Å². The minimum Gasteiger partial charge on any atom is -0.497 e. The van der Waals surface area contributed by atoms with Crippen molar-refractivity contribution in [3.05, 3.63) is 60.3 Å². The zero-order valence-electron chi connectivity index (χ0n) is 18.7. The number of H-pyrrole nitrogens is 1. The summed E-state index contributed by atoms with van der Waals surface area (Å²) in [6, 6.07) is 17.7. The molecule has 0 bridgehead atoms. The highest BCUT2D eigenvalue weighted by molar-refractivity contribution is 5.93.